The summed E-state index contributed by atoms with van der Waals surface area (Å²) in [6.07, 6.45) is 2.23. The minimum absolute atomic E-state index is 0.102. The Morgan fingerprint density at radius 1 is 1.06 bits per heavy atom. The van der Waals surface area contributed by atoms with E-state index in [-0.39, 0.29) is 11.3 Å². The molecule has 1 heterocycles. The van der Waals surface area contributed by atoms with Gasteiger partial charge in [0.2, 0.25) is 5.91 Å². The minimum atomic E-state index is 0.102. The molecule has 1 aliphatic rings. The van der Waals surface area contributed by atoms with E-state index in [4.69, 9.17) is 0 Å². The Labute approximate surface area is 188 Å². The molecule has 162 valence electrons. The van der Waals surface area contributed by atoms with E-state index in [1.54, 1.807) is 0 Å². The lowest BCUT2D eigenvalue weighted by Gasteiger charge is -2.19. The number of hydrogen-bond acceptors (Lipinski definition) is 4. The number of benzene rings is 2. The smallest absolute Gasteiger partial charge is 0.233 e. The number of rotatable bonds is 7. The number of aromatic nitrogens is 3. The fraction of sp³-hybridized carbons (Fsp3) is 0.400. The van der Waals surface area contributed by atoms with Gasteiger partial charge in [-0.3, -0.25) is 9.36 Å². The van der Waals surface area contributed by atoms with E-state index < -0.39 is 0 Å². The maximum absolute atomic E-state index is 12.5. The molecule has 6 heteroatoms. The molecule has 1 saturated carbocycles. The summed E-state index contributed by atoms with van der Waals surface area (Å²) in [5.74, 6) is 1.36. The lowest BCUT2D eigenvalue weighted by atomic mass is 9.87. The minimum Gasteiger partial charge on any atom is -0.342 e. The first-order valence-electron chi connectivity index (χ1n) is 10.8. The molecule has 3 aromatic rings. The van der Waals surface area contributed by atoms with E-state index in [0.717, 1.165) is 29.4 Å². The van der Waals surface area contributed by atoms with Crippen molar-refractivity contribution in [1.29, 1.82) is 0 Å². The quantitative estimate of drug-likeness (QED) is 0.491. The number of carbonyl (C=O) groups is 1. The predicted octanol–water partition coefficient (Wildman–Crippen LogP) is 5.00. The van der Waals surface area contributed by atoms with Crippen LogP contribution in [-0.2, 0) is 16.8 Å². The van der Waals surface area contributed by atoms with E-state index in [2.05, 4.69) is 71.9 Å². The van der Waals surface area contributed by atoms with Crippen molar-refractivity contribution in [3.63, 3.8) is 0 Å². The van der Waals surface area contributed by atoms with E-state index >= 15 is 0 Å². The zero-order valence-corrected chi connectivity index (χ0v) is 19.5. The van der Waals surface area contributed by atoms with E-state index in [9.17, 15) is 4.79 Å². The summed E-state index contributed by atoms with van der Waals surface area (Å²) in [4.78, 5) is 14.4. The highest BCUT2D eigenvalue weighted by Crippen LogP contribution is 2.30. The second-order valence-corrected chi connectivity index (χ2v) is 10.2. The molecule has 31 heavy (non-hydrogen) atoms. The number of amides is 1. The van der Waals surface area contributed by atoms with Gasteiger partial charge in [-0.2, -0.15) is 0 Å². The summed E-state index contributed by atoms with van der Waals surface area (Å²) in [6.45, 7) is 7.30. The van der Waals surface area contributed by atoms with Gasteiger partial charge in [0.25, 0.3) is 0 Å². The third-order valence-electron chi connectivity index (χ3n) is 5.72. The first kappa shape index (κ1) is 21.6. The number of nitrogens with zero attached hydrogens (tertiary/aromatic N) is 4. The average Bonchev–Trinajstić information content (AvgIpc) is 3.54. The van der Waals surface area contributed by atoms with Crippen LogP contribution >= 0.6 is 11.8 Å². The maximum Gasteiger partial charge on any atom is 0.233 e. The van der Waals surface area contributed by atoms with Crippen LogP contribution in [0.5, 0.6) is 0 Å². The molecule has 0 bridgehead atoms. The molecular formula is C25H30N4OS. The van der Waals surface area contributed by atoms with Crippen LogP contribution in [0.15, 0.2) is 59.8 Å². The molecule has 1 aliphatic carbocycles. The number of thioether (sulfide) groups is 1. The van der Waals surface area contributed by atoms with Gasteiger partial charge in [0.15, 0.2) is 11.0 Å². The first-order valence-corrected chi connectivity index (χ1v) is 11.8. The normalized spacial score (nSPS) is 13.9. The van der Waals surface area contributed by atoms with E-state index in [1.807, 2.05) is 30.1 Å². The molecule has 5 nitrogen and oxygen atoms in total. The highest BCUT2D eigenvalue weighted by molar-refractivity contribution is 7.99. The summed E-state index contributed by atoms with van der Waals surface area (Å²) < 4.78 is 2.12. The van der Waals surface area contributed by atoms with Crippen LogP contribution in [0.2, 0.25) is 0 Å². The molecule has 1 aromatic heterocycles. The molecule has 0 unspecified atom stereocenters. The SMILES string of the molecule is CN(C(=O)CSc1nnc(-c2ccc(C(C)(C)C)cc2)n1Cc1ccccc1)C1CC1. The van der Waals surface area contributed by atoms with Crippen LogP contribution in [-0.4, -0.2) is 44.4 Å². The second-order valence-electron chi connectivity index (χ2n) is 9.23. The summed E-state index contributed by atoms with van der Waals surface area (Å²) >= 11 is 1.47. The Hall–Kier alpha value is -2.60. The molecule has 2 aromatic carbocycles. The van der Waals surface area contributed by atoms with Gasteiger partial charge in [-0.1, -0.05) is 87.1 Å². The summed E-state index contributed by atoms with van der Waals surface area (Å²) in [5, 5.41) is 9.74. The Balaban J connectivity index is 1.60. The zero-order chi connectivity index (χ0) is 22.0. The molecule has 0 aliphatic heterocycles. The first-order chi connectivity index (χ1) is 14.8. The van der Waals surface area contributed by atoms with Crippen LogP contribution in [0.3, 0.4) is 0 Å². The predicted molar refractivity (Wildman–Crippen MR) is 126 cm³/mol. The Morgan fingerprint density at radius 2 is 1.74 bits per heavy atom. The molecule has 0 saturated heterocycles. The van der Waals surface area contributed by atoms with Crippen molar-refractivity contribution in [1.82, 2.24) is 19.7 Å². The fourth-order valence-corrected chi connectivity index (χ4v) is 4.39. The van der Waals surface area contributed by atoms with Crippen LogP contribution in [0.1, 0.15) is 44.7 Å². The summed E-state index contributed by atoms with van der Waals surface area (Å²) in [7, 11) is 1.90. The molecule has 1 amide bonds. The zero-order valence-electron chi connectivity index (χ0n) is 18.7. The highest BCUT2D eigenvalue weighted by atomic mass is 32.2. The van der Waals surface area contributed by atoms with Crippen molar-refractivity contribution >= 4 is 17.7 Å². The van der Waals surface area contributed by atoms with Crippen molar-refractivity contribution in [3.8, 4) is 11.4 Å². The third-order valence-corrected chi connectivity index (χ3v) is 6.67. The largest absolute Gasteiger partial charge is 0.342 e. The molecule has 0 atom stereocenters. The van der Waals surface area contributed by atoms with Crippen molar-refractivity contribution in [2.75, 3.05) is 12.8 Å². The lowest BCUT2D eigenvalue weighted by molar-refractivity contribution is -0.127. The number of carbonyl (C=O) groups excluding carboxylic acids is 1. The molecule has 0 spiro atoms. The van der Waals surface area contributed by atoms with Crippen molar-refractivity contribution in [2.24, 2.45) is 0 Å². The van der Waals surface area contributed by atoms with Crippen LogP contribution in [0.25, 0.3) is 11.4 Å². The van der Waals surface area contributed by atoms with Gasteiger partial charge in [-0.05, 0) is 29.4 Å². The van der Waals surface area contributed by atoms with E-state index in [1.165, 1.54) is 22.9 Å². The summed E-state index contributed by atoms with van der Waals surface area (Å²) in [5.41, 5.74) is 3.60. The topological polar surface area (TPSA) is 51.0 Å². The van der Waals surface area contributed by atoms with Gasteiger partial charge in [0.05, 0.1) is 12.3 Å². The van der Waals surface area contributed by atoms with Gasteiger partial charge in [0, 0.05) is 18.7 Å². The van der Waals surface area contributed by atoms with Gasteiger partial charge in [-0.15, -0.1) is 10.2 Å². The molecule has 0 radical (unpaired) electrons. The Morgan fingerprint density at radius 3 is 2.35 bits per heavy atom. The molecule has 0 N–H and O–H groups in total. The average molecular weight is 435 g/mol. The van der Waals surface area contributed by atoms with Gasteiger partial charge < -0.3 is 4.90 Å². The molecular weight excluding hydrogens is 404 g/mol. The van der Waals surface area contributed by atoms with Gasteiger partial charge >= 0.3 is 0 Å². The fourth-order valence-electron chi connectivity index (χ4n) is 3.53. The standard InChI is InChI=1S/C25H30N4OS/c1-25(2,3)20-12-10-19(11-13-20)23-26-27-24(29(23)16-18-8-6-5-7-9-18)31-17-22(30)28(4)21-14-15-21/h5-13,21H,14-17H2,1-4H3. The number of hydrogen-bond donors (Lipinski definition) is 0. The monoisotopic (exact) mass is 434 g/mol. The van der Waals surface area contributed by atoms with Crippen LogP contribution in [0, 0.1) is 0 Å². The maximum atomic E-state index is 12.5. The van der Waals surface area contributed by atoms with Crippen LogP contribution in [0.4, 0.5) is 0 Å². The van der Waals surface area contributed by atoms with Crippen LogP contribution < -0.4 is 0 Å². The van der Waals surface area contributed by atoms with Gasteiger partial charge in [-0.25, -0.2) is 0 Å². The second kappa shape index (κ2) is 8.87. The van der Waals surface area contributed by atoms with Crippen molar-refractivity contribution in [2.45, 2.75) is 56.8 Å². The summed E-state index contributed by atoms with van der Waals surface area (Å²) in [6, 6.07) is 19.3. The molecule has 1 fully saturated rings. The van der Waals surface area contributed by atoms with Crippen molar-refractivity contribution in [3.05, 3.63) is 65.7 Å². The third kappa shape index (κ3) is 5.18. The lowest BCUT2D eigenvalue weighted by Crippen LogP contribution is -2.30. The van der Waals surface area contributed by atoms with E-state index in [0.29, 0.717) is 18.3 Å². The highest BCUT2D eigenvalue weighted by Gasteiger charge is 2.29. The van der Waals surface area contributed by atoms with Crippen molar-refractivity contribution < 1.29 is 4.79 Å². The molecule has 4 rings (SSSR count). The Kier molecular flexibility index (Phi) is 6.19. The van der Waals surface area contributed by atoms with Gasteiger partial charge in [0.1, 0.15) is 0 Å². The Bertz CT molecular complexity index is 1030.